The van der Waals surface area contributed by atoms with Crippen LogP contribution in [0.3, 0.4) is 0 Å². The first kappa shape index (κ1) is 14.5. The lowest BCUT2D eigenvalue weighted by molar-refractivity contribution is -0.219. The zero-order valence-corrected chi connectivity index (χ0v) is 13.4. The van der Waals surface area contributed by atoms with Gasteiger partial charge in [-0.3, -0.25) is 9.59 Å². The molecule has 4 aliphatic rings. The fourth-order valence-electron chi connectivity index (χ4n) is 5.36. The Morgan fingerprint density at radius 2 is 2.14 bits per heavy atom. The number of fused-ring (bicyclic) bond motifs is 3. The normalized spacial score (nSPS) is 47.5. The number of hydrogen-bond acceptors (Lipinski definition) is 4. The largest absolute Gasteiger partial charge is 0.432 e. The van der Waals surface area contributed by atoms with Crippen LogP contribution in [-0.2, 0) is 19.1 Å². The van der Waals surface area contributed by atoms with E-state index in [9.17, 15) is 9.59 Å². The van der Waals surface area contributed by atoms with E-state index in [1.165, 1.54) is 0 Å². The Bertz CT molecular complexity index is 507. The van der Waals surface area contributed by atoms with Gasteiger partial charge < -0.3 is 14.4 Å². The maximum Gasteiger partial charge on any atom is 0.311 e. The predicted octanol–water partition coefficient (Wildman–Crippen LogP) is 2.09. The molecule has 5 nitrogen and oxygen atoms in total. The summed E-state index contributed by atoms with van der Waals surface area (Å²) in [6.07, 6.45) is 5.27. The van der Waals surface area contributed by atoms with Crippen LogP contribution in [0.2, 0.25) is 0 Å². The molecule has 0 N–H and O–H groups in total. The van der Waals surface area contributed by atoms with Gasteiger partial charge >= 0.3 is 5.97 Å². The minimum absolute atomic E-state index is 0.0855. The zero-order chi connectivity index (χ0) is 15.5. The van der Waals surface area contributed by atoms with E-state index in [4.69, 9.17) is 9.47 Å². The van der Waals surface area contributed by atoms with Crippen LogP contribution >= 0.6 is 0 Å². The van der Waals surface area contributed by atoms with Gasteiger partial charge in [-0.2, -0.15) is 0 Å². The maximum atomic E-state index is 12.2. The van der Waals surface area contributed by atoms with Gasteiger partial charge in [0.15, 0.2) is 0 Å². The summed E-state index contributed by atoms with van der Waals surface area (Å²) in [5.74, 6) is -0.125. The SMILES string of the molecule is CC[C@H]1[C@H]2[C@@H](CCCN3C(=O)CC[C@@H]23)O[C@]12C[C@H](C)C(=O)O2. The molecule has 0 aromatic rings. The topological polar surface area (TPSA) is 55.8 Å². The summed E-state index contributed by atoms with van der Waals surface area (Å²) in [5.41, 5.74) is 0. The highest BCUT2D eigenvalue weighted by Gasteiger charge is 2.63. The fraction of sp³-hybridized carbons (Fsp3) is 0.882. The molecule has 0 saturated carbocycles. The summed E-state index contributed by atoms with van der Waals surface area (Å²) in [5, 5.41) is 0. The Balaban J connectivity index is 1.69. The molecule has 0 unspecified atom stereocenters. The highest BCUT2D eigenvalue weighted by atomic mass is 16.7. The van der Waals surface area contributed by atoms with E-state index in [-0.39, 0.29) is 30.0 Å². The van der Waals surface area contributed by atoms with Crippen molar-refractivity contribution in [2.24, 2.45) is 17.8 Å². The molecule has 4 aliphatic heterocycles. The third-order valence-electron chi connectivity index (χ3n) is 6.22. The number of carbonyl (C=O) groups excluding carboxylic acids is 2. The van der Waals surface area contributed by atoms with Gasteiger partial charge in [0.1, 0.15) is 0 Å². The third-order valence-corrected chi connectivity index (χ3v) is 6.22. The van der Waals surface area contributed by atoms with Crippen molar-refractivity contribution in [1.82, 2.24) is 4.90 Å². The third kappa shape index (κ3) is 1.87. The Morgan fingerprint density at radius 1 is 1.32 bits per heavy atom. The summed E-state index contributed by atoms with van der Waals surface area (Å²) in [6.45, 7) is 4.94. The molecule has 4 rings (SSSR count). The lowest BCUT2D eigenvalue weighted by Crippen LogP contribution is -2.44. The number of esters is 1. The van der Waals surface area contributed by atoms with Crippen LogP contribution in [0.15, 0.2) is 0 Å². The fourth-order valence-corrected chi connectivity index (χ4v) is 5.36. The van der Waals surface area contributed by atoms with Crippen molar-refractivity contribution in [3.8, 4) is 0 Å². The first-order valence-electron chi connectivity index (χ1n) is 8.76. The molecule has 0 aliphatic carbocycles. The van der Waals surface area contributed by atoms with Crippen molar-refractivity contribution in [2.75, 3.05) is 6.54 Å². The molecular formula is C17H25NO4. The van der Waals surface area contributed by atoms with Gasteiger partial charge in [0.25, 0.3) is 0 Å². The Labute approximate surface area is 131 Å². The van der Waals surface area contributed by atoms with Crippen LogP contribution in [-0.4, -0.2) is 41.3 Å². The van der Waals surface area contributed by atoms with Crippen LogP contribution in [0.1, 0.15) is 52.4 Å². The van der Waals surface area contributed by atoms with Crippen LogP contribution in [0.4, 0.5) is 0 Å². The molecule has 1 spiro atoms. The van der Waals surface area contributed by atoms with E-state index in [0.717, 1.165) is 32.2 Å². The lowest BCUT2D eigenvalue weighted by atomic mass is 9.76. The van der Waals surface area contributed by atoms with Crippen LogP contribution in [0, 0.1) is 17.8 Å². The highest BCUT2D eigenvalue weighted by Crippen LogP contribution is 2.54. The molecule has 0 aromatic heterocycles. The van der Waals surface area contributed by atoms with E-state index < -0.39 is 5.79 Å². The summed E-state index contributed by atoms with van der Waals surface area (Å²) in [6, 6.07) is 0.277. The zero-order valence-electron chi connectivity index (χ0n) is 13.4. The molecule has 6 atom stereocenters. The minimum Gasteiger partial charge on any atom is -0.432 e. The Hall–Kier alpha value is -1.10. The maximum absolute atomic E-state index is 12.2. The second kappa shape index (κ2) is 4.95. The highest BCUT2D eigenvalue weighted by molar-refractivity contribution is 5.79. The number of amides is 1. The van der Waals surface area contributed by atoms with Crippen LogP contribution in [0.5, 0.6) is 0 Å². The average molecular weight is 307 g/mol. The molecule has 4 fully saturated rings. The van der Waals surface area contributed by atoms with Crippen LogP contribution < -0.4 is 0 Å². The van der Waals surface area contributed by atoms with E-state index in [1.54, 1.807) is 0 Å². The molecule has 1 amide bonds. The van der Waals surface area contributed by atoms with Gasteiger partial charge in [-0.15, -0.1) is 0 Å². The van der Waals surface area contributed by atoms with E-state index >= 15 is 0 Å². The van der Waals surface area contributed by atoms with Gasteiger partial charge in [0.05, 0.1) is 12.0 Å². The first-order chi connectivity index (χ1) is 10.6. The van der Waals surface area contributed by atoms with Gasteiger partial charge in [0.2, 0.25) is 11.7 Å². The average Bonchev–Trinajstić information content (AvgIpc) is 3.02. The molecule has 122 valence electrons. The second-order valence-corrected chi connectivity index (χ2v) is 7.42. The van der Waals surface area contributed by atoms with Gasteiger partial charge in [-0.1, -0.05) is 13.8 Å². The van der Waals surface area contributed by atoms with E-state index in [2.05, 4.69) is 11.8 Å². The van der Waals surface area contributed by atoms with Crippen molar-refractivity contribution in [1.29, 1.82) is 0 Å². The molecule has 5 heteroatoms. The number of ether oxygens (including phenoxy) is 2. The van der Waals surface area contributed by atoms with Crippen molar-refractivity contribution in [2.45, 2.75) is 70.3 Å². The molecule has 0 bridgehead atoms. The van der Waals surface area contributed by atoms with Crippen molar-refractivity contribution in [3.05, 3.63) is 0 Å². The first-order valence-corrected chi connectivity index (χ1v) is 8.76. The summed E-state index contributed by atoms with van der Waals surface area (Å²) in [7, 11) is 0. The summed E-state index contributed by atoms with van der Waals surface area (Å²) in [4.78, 5) is 26.2. The molecule has 4 heterocycles. The van der Waals surface area contributed by atoms with Gasteiger partial charge in [-0.05, 0) is 25.7 Å². The summed E-state index contributed by atoms with van der Waals surface area (Å²) >= 11 is 0. The van der Waals surface area contributed by atoms with E-state index in [0.29, 0.717) is 24.7 Å². The lowest BCUT2D eigenvalue weighted by Gasteiger charge is -2.34. The Kier molecular flexibility index (Phi) is 3.26. The smallest absolute Gasteiger partial charge is 0.311 e. The van der Waals surface area contributed by atoms with Crippen molar-refractivity contribution < 1.29 is 19.1 Å². The molecule has 4 saturated heterocycles. The van der Waals surface area contributed by atoms with Crippen molar-refractivity contribution >= 4 is 11.9 Å². The number of rotatable bonds is 1. The van der Waals surface area contributed by atoms with Crippen LogP contribution in [0.25, 0.3) is 0 Å². The molecule has 0 aromatic carbocycles. The van der Waals surface area contributed by atoms with Gasteiger partial charge in [-0.25, -0.2) is 0 Å². The molecule has 0 radical (unpaired) electrons. The number of carbonyl (C=O) groups is 2. The predicted molar refractivity (Wildman–Crippen MR) is 78.7 cm³/mol. The Morgan fingerprint density at radius 3 is 2.82 bits per heavy atom. The van der Waals surface area contributed by atoms with E-state index in [1.807, 2.05) is 6.92 Å². The van der Waals surface area contributed by atoms with Crippen molar-refractivity contribution in [3.63, 3.8) is 0 Å². The van der Waals surface area contributed by atoms with Gasteiger partial charge in [0, 0.05) is 37.3 Å². The minimum atomic E-state index is -0.727. The molecular weight excluding hydrogens is 282 g/mol. The monoisotopic (exact) mass is 307 g/mol. The number of hydrogen-bond donors (Lipinski definition) is 0. The summed E-state index contributed by atoms with van der Waals surface area (Å²) < 4.78 is 12.2. The quantitative estimate of drug-likeness (QED) is 0.696. The standard InChI is InChI=1S/C17H25NO4/c1-3-11-15-12-6-7-14(19)18(12)8-4-5-13(15)21-17(11)9-10(2)16(20)22-17/h10-13,15H,3-9H2,1-2H3/t10-,11-,12-,13+,15+,17-/m0/s1. The molecule has 22 heavy (non-hydrogen) atoms. The number of nitrogens with zero attached hydrogens (tertiary/aromatic N) is 1. The second-order valence-electron chi connectivity index (χ2n) is 7.42.